The number of hydrogen-bond acceptors (Lipinski definition) is 4. The van der Waals surface area contributed by atoms with Gasteiger partial charge in [0.25, 0.3) is 5.69 Å². The van der Waals surface area contributed by atoms with Gasteiger partial charge in [-0.15, -0.1) is 0 Å². The largest absolute Gasteiger partial charge is 0.326 e. The van der Waals surface area contributed by atoms with Crippen molar-refractivity contribution in [3.63, 3.8) is 0 Å². The molecule has 0 bridgehead atoms. The van der Waals surface area contributed by atoms with E-state index in [9.17, 15) is 19.3 Å². The lowest BCUT2D eigenvalue weighted by Crippen LogP contribution is -2.30. The fourth-order valence-electron chi connectivity index (χ4n) is 2.48. The molecule has 0 spiro atoms. The number of carbonyl (C=O) groups excluding carboxylic acids is 1. The molecule has 1 aromatic carbocycles. The molecule has 7 heteroatoms. The lowest BCUT2D eigenvalue weighted by Gasteiger charge is -2.22. The Morgan fingerprint density at radius 2 is 2.29 bits per heavy atom. The molecule has 1 aliphatic heterocycles. The van der Waals surface area contributed by atoms with Gasteiger partial charge < -0.3 is 10.6 Å². The average Bonchev–Trinajstić information content (AvgIpc) is 2.45. The lowest BCUT2D eigenvalue weighted by atomic mass is 9.94. The van der Waals surface area contributed by atoms with Crippen LogP contribution in [0.25, 0.3) is 0 Å². The Bertz CT molecular complexity index is 530. The van der Waals surface area contributed by atoms with E-state index in [0.717, 1.165) is 50.6 Å². The normalized spacial score (nSPS) is 18.2. The van der Waals surface area contributed by atoms with Crippen LogP contribution in [-0.2, 0) is 4.79 Å². The molecule has 2 N–H and O–H groups in total. The molecule has 0 aliphatic carbocycles. The minimum absolute atomic E-state index is 0.119. The Morgan fingerprint density at radius 1 is 1.48 bits per heavy atom. The highest BCUT2D eigenvalue weighted by Crippen LogP contribution is 2.21. The second-order valence-electron chi connectivity index (χ2n) is 5.25. The van der Waals surface area contributed by atoms with E-state index in [1.165, 1.54) is 0 Å². The van der Waals surface area contributed by atoms with Crippen molar-refractivity contribution in [3.05, 3.63) is 34.1 Å². The van der Waals surface area contributed by atoms with Crippen molar-refractivity contribution in [2.45, 2.75) is 25.7 Å². The summed E-state index contributed by atoms with van der Waals surface area (Å²) < 4.78 is 13.3. The number of benzene rings is 1. The van der Waals surface area contributed by atoms with Crippen molar-refractivity contribution in [1.82, 2.24) is 5.32 Å². The molecule has 0 aromatic heterocycles. The number of rotatable bonds is 5. The lowest BCUT2D eigenvalue weighted by molar-refractivity contribution is -0.385. The van der Waals surface area contributed by atoms with Crippen molar-refractivity contribution in [2.75, 3.05) is 18.4 Å². The molecular formula is C14H18FN3O3. The van der Waals surface area contributed by atoms with Crippen molar-refractivity contribution < 1.29 is 14.1 Å². The number of nitrogens with zero attached hydrogens (tertiary/aromatic N) is 1. The zero-order chi connectivity index (χ0) is 15.2. The quantitative estimate of drug-likeness (QED) is 0.645. The van der Waals surface area contributed by atoms with Crippen molar-refractivity contribution in [2.24, 2.45) is 5.92 Å². The summed E-state index contributed by atoms with van der Waals surface area (Å²) in [7, 11) is 0. The molecule has 2 rings (SSSR count). The zero-order valence-corrected chi connectivity index (χ0v) is 11.6. The molecule has 1 amide bonds. The van der Waals surface area contributed by atoms with E-state index in [1.807, 2.05) is 0 Å². The average molecular weight is 295 g/mol. The summed E-state index contributed by atoms with van der Waals surface area (Å²) >= 11 is 0. The van der Waals surface area contributed by atoms with Gasteiger partial charge in [-0.25, -0.2) is 4.39 Å². The Labute approximate surface area is 121 Å². The molecule has 0 saturated carbocycles. The number of nitro groups is 1. The van der Waals surface area contributed by atoms with E-state index >= 15 is 0 Å². The molecule has 21 heavy (non-hydrogen) atoms. The summed E-state index contributed by atoms with van der Waals surface area (Å²) in [5.74, 6) is -0.511. The number of nitro benzene ring substituents is 1. The van der Waals surface area contributed by atoms with Crippen LogP contribution in [0, 0.1) is 21.8 Å². The number of non-ortho nitro benzene ring substituents is 1. The highest BCUT2D eigenvalue weighted by molar-refractivity contribution is 5.91. The predicted molar refractivity (Wildman–Crippen MR) is 76.5 cm³/mol. The first-order valence-electron chi connectivity index (χ1n) is 7.00. The third-order valence-corrected chi connectivity index (χ3v) is 3.56. The van der Waals surface area contributed by atoms with Crippen LogP contribution in [0.2, 0.25) is 0 Å². The van der Waals surface area contributed by atoms with E-state index in [0.29, 0.717) is 12.3 Å². The monoisotopic (exact) mass is 295 g/mol. The van der Waals surface area contributed by atoms with Gasteiger partial charge in [-0.05, 0) is 44.3 Å². The number of carbonyl (C=O) groups is 1. The number of nitrogens with one attached hydrogen (secondary N) is 2. The number of hydrogen-bond donors (Lipinski definition) is 2. The molecule has 114 valence electrons. The van der Waals surface area contributed by atoms with Gasteiger partial charge in [-0.3, -0.25) is 14.9 Å². The Kier molecular flexibility index (Phi) is 5.21. The van der Waals surface area contributed by atoms with Crippen LogP contribution in [0.1, 0.15) is 25.7 Å². The number of amides is 1. The number of piperidine rings is 1. The molecule has 1 atom stereocenters. The van der Waals surface area contributed by atoms with Crippen LogP contribution >= 0.6 is 0 Å². The topological polar surface area (TPSA) is 84.3 Å². The summed E-state index contributed by atoms with van der Waals surface area (Å²) in [4.78, 5) is 21.8. The van der Waals surface area contributed by atoms with Crippen LogP contribution < -0.4 is 10.6 Å². The van der Waals surface area contributed by atoms with Crippen LogP contribution in [-0.4, -0.2) is 23.9 Å². The van der Waals surface area contributed by atoms with Crippen LogP contribution in [0.15, 0.2) is 18.2 Å². The molecule has 6 nitrogen and oxygen atoms in total. The third-order valence-electron chi connectivity index (χ3n) is 3.56. The zero-order valence-electron chi connectivity index (χ0n) is 11.6. The second-order valence-corrected chi connectivity index (χ2v) is 5.25. The highest BCUT2D eigenvalue weighted by Gasteiger charge is 2.15. The van der Waals surface area contributed by atoms with Gasteiger partial charge >= 0.3 is 0 Å². The minimum Gasteiger partial charge on any atom is -0.326 e. The molecule has 1 unspecified atom stereocenters. The van der Waals surface area contributed by atoms with Crippen LogP contribution in [0.3, 0.4) is 0 Å². The number of anilines is 1. The first kappa shape index (κ1) is 15.4. The fraction of sp³-hybridized carbons (Fsp3) is 0.500. The summed E-state index contributed by atoms with van der Waals surface area (Å²) in [5.41, 5.74) is -0.254. The minimum atomic E-state index is -0.740. The summed E-state index contributed by atoms with van der Waals surface area (Å²) in [5, 5.41) is 16.4. The fourth-order valence-corrected chi connectivity index (χ4v) is 2.48. The molecule has 1 saturated heterocycles. The summed E-state index contributed by atoms with van der Waals surface area (Å²) in [6.45, 7) is 1.94. The first-order valence-corrected chi connectivity index (χ1v) is 7.00. The molecule has 1 fully saturated rings. The van der Waals surface area contributed by atoms with E-state index < -0.39 is 10.7 Å². The van der Waals surface area contributed by atoms with Crippen molar-refractivity contribution in [1.29, 1.82) is 0 Å². The van der Waals surface area contributed by atoms with Crippen molar-refractivity contribution in [3.8, 4) is 0 Å². The Morgan fingerprint density at radius 3 is 2.95 bits per heavy atom. The Balaban J connectivity index is 1.88. The standard InChI is InChI=1S/C14H18FN3O3/c15-11-6-12(8-13(7-11)18(20)21)17-14(19)4-3-10-2-1-5-16-9-10/h6-8,10,16H,1-5,9H2,(H,17,19). The van der Waals surface area contributed by atoms with E-state index in [4.69, 9.17) is 0 Å². The smallest absolute Gasteiger partial charge is 0.274 e. The van der Waals surface area contributed by atoms with Crippen molar-refractivity contribution >= 4 is 17.3 Å². The highest BCUT2D eigenvalue weighted by atomic mass is 19.1. The number of halogens is 1. The first-order chi connectivity index (χ1) is 10.0. The van der Waals surface area contributed by atoms with Crippen LogP contribution in [0.4, 0.5) is 15.8 Å². The second kappa shape index (κ2) is 7.12. The third kappa shape index (κ3) is 4.78. The maximum Gasteiger partial charge on any atom is 0.274 e. The maximum atomic E-state index is 13.3. The van der Waals surface area contributed by atoms with E-state index in [2.05, 4.69) is 10.6 Å². The van der Waals surface area contributed by atoms with Gasteiger partial charge in [-0.1, -0.05) is 0 Å². The molecule has 1 aromatic rings. The molecule has 1 heterocycles. The van der Waals surface area contributed by atoms with E-state index in [1.54, 1.807) is 0 Å². The van der Waals surface area contributed by atoms with Gasteiger partial charge in [0, 0.05) is 12.5 Å². The predicted octanol–water partition coefficient (Wildman–Crippen LogP) is 2.45. The summed E-state index contributed by atoms with van der Waals surface area (Å²) in [6, 6.07) is 3.06. The Hall–Kier alpha value is -2.02. The van der Waals surface area contributed by atoms with Crippen LogP contribution in [0.5, 0.6) is 0 Å². The molecule has 0 radical (unpaired) electrons. The van der Waals surface area contributed by atoms with Gasteiger partial charge in [-0.2, -0.15) is 0 Å². The van der Waals surface area contributed by atoms with E-state index in [-0.39, 0.29) is 17.3 Å². The van der Waals surface area contributed by atoms with Gasteiger partial charge in [0.1, 0.15) is 5.82 Å². The van der Waals surface area contributed by atoms with Gasteiger partial charge in [0.15, 0.2) is 0 Å². The SMILES string of the molecule is O=C(CCC1CCCNC1)Nc1cc(F)cc([N+](=O)[O-])c1. The van der Waals surface area contributed by atoms with Gasteiger partial charge in [0.2, 0.25) is 5.91 Å². The maximum absolute atomic E-state index is 13.3. The van der Waals surface area contributed by atoms with Gasteiger partial charge in [0.05, 0.1) is 16.7 Å². The molecular weight excluding hydrogens is 277 g/mol. The molecule has 1 aliphatic rings. The summed E-state index contributed by atoms with van der Waals surface area (Å²) in [6.07, 6.45) is 3.31.